The van der Waals surface area contributed by atoms with Gasteiger partial charge in [-0.15, -0.1) is 0 Å². The molecule has 9 aromatic rings. The lowest BCUT2D eigenvalue weighted by Gasteiger charge is -2.33. The summed E-state index contributed by atoms with van der Waals surface area (Å²) in [6.45, 7) is 0. The van der Waals surface area contributed by atoms with Crippen LogP contribution < -0.4 is 9.80 Å². The van der Waals surface area contributed by atoms with E-state index in [2.05, 4.69) is 250 Å². The van der Waals surface area contributed by atoms with E-state index in [1.165, 1.54) is 55.6 Å². The Morgan fingerprint density at radius 3 is 1.17 bits per heavy atom. The minimum atomic E-state index is -0.435. The monoisotopic (exact) mass is 804 g/mol. The third kappa shape index (κ3) is 5.39. The largest absolute Gasteiger partial charge is 0.310 e. The Morgan fingerprint density at radius 2 is 0.655 bits per heavy atom. The molecule has 0 bridgehead atoms. The predicted molar refractivity (Wildman–Crippen MR) is 245 cm³/mol. The number of hydrogen-bond donors (Lipinski definition) is 0. The van der Waals surface area contributed by atoms with Crippen LogP contribution in [0.4, 0.5) is 34.1 Å². The zero-order chi connectivity index (χ0) is 38.6. The molecule has 2 aliphatic rings. The van der Waals surface area contributed by atoms with Crippen LogP contribution in [-0.2, 0) is 5.41 Å². The lowest BCUT2D eigenvalue weighted by atomic mass is 9.70. The highest BCUT2D eigenvalue weighted by molar-refractivity contribution is 9.10. The topological polar surface area (TPSA) is 6.48 Å². The van der Waals surface area contributed by atoms with E-state index in [4.69, 9.17) is 0 Å². The quantitative estimate of drug-likeness (QED) is 0.158. The molecule has 0 saturated carbocycles. The van der Waals surface area contributed by atoms with E-state index in [9.17, 15) is 0 Å². The van der Waals surface area contributed by atoms with E-state index >= 15 is 0 Å². The summed E-state index contributed by atoms with van der Waals surface area (Å²) in [6.07, 6.45) is 0. The van der Waals surface area contributed by atoms with Crippen molar-refractivity contribution in [3.8, 4) is 33.4 Å². The zero-order valence-electron chi connectivity index (χ0n) is 31.6. The van der Waals surface area contributed by atoms with E-state index in [1.807, 2.05) is 0 Å². The number of nitrogens with zero attached hydrogens (tertiary/aromatic N) is 2. The van der Waals surface area contributed by atoms with Crippen molar-refractivity contribution in [2.45, 2.75) is 5.41 Å². The van der Waals surface area contributed by atoms with Crippen molar-refractivity contribution in [3.63, 3.8) is 0 Å². The molecule has 0 N–H and O–H groups in total. The molecule has 0 fully saturated rings. The van der Waals surface area contributed by atoms with Crippen molar-refractivity contribution in [1.82, 2.24) is 0 Å². The summed E-state index contributed by atoms with van der Waals surface area (Å²) >= 11 is 3.98. The van der Waals surface area contributed by atoms with Crippen LogP contribution in [-0.4, -0.2) is 0 Å². The molecule has 0 saturated heterocycles. The number of halogens is 1. The molecule has 0 heterocycles. The summed E-state index contributed by atoms with van der Waals surface area (Å²) in [5, 5.41) is 0. The zero-order valence-corrected chi connectivity index (χ0v) is 33.2. The van der Waals surface area contributed by atoms with Gasteiger partial charge < -0.3 is 9.80 Å². The minimum Gasteiger partial charge on any atom is -0.310 e. The first-order valence-electron chi connectivity index (χ1n) is 19.8. The second kappa shape index (κ2) is 13.9. The molecule has 0 atom stereocenters. The van der Waals surface area contributed by atoms with E-state index in [1.54, 1.807) is 0 Å². The molecular weight excluding hydrogens is 769 g/mol. The van der Waals surface area contributed by atoms with E-state index in [0.29, 0.717) is 0 Å². The molecule has 0 radical (unpaired) electrons. The van der Waals surface area contributed by atoms with Crippen LogP contribution >= 0.6 is 15.9 Å². The fourth-order valence-corrected chi connectivity index (χ4v) is 9.99. The number of fused-ring (bicyclic) bond motifs is 10. The highest BCUT2D eigenvalue weighted by Crippen LogP contribution is 2.63. The molecule has 2 nitrogen and oxygen atoms in total. The third-order valence-electron chi connectivity index (χ3n) is 11.9. The Morgan fingerprint density at radius 1 is 0.276 bits per heavy atom. The van der Waals surface area contributed by atoms with Crippen molar-refractivity contribution in [3.05, 3.63) is 251 Å². The van der Waals surface area contributed by atoms with Crippen LogP contribution in [0.25, 0.3) is 33.4 Å². The average molecular weight is 806 g/mol. The Balaban J connectivity index is 1.10. The van der Waals surface area contributed by atoms with Gasteiger partial charge in [0.1, 0.15) is 0 Å². The Bertz CT molecular complexity index is 2900. The number of hydrogen-bond acceptors (Lipinski definition) is 2. The lowest BCUT2D eigenvalue weighted by Crippen LogP contribution is -2.26. The molecule has 0 unspecified atom stereocenters. The average Bonchev–Trinajstić information content (AvgIpc) is 3.75. The van der Waals surface area contributed by atoms with Gasteiger partial charge in [0.15, 0.2) is 0 Å². The molecule has 11 rings (SSSR count). The highest BCUT2D eigenvalue weighted by Gasteiger charge is 2.51. The van der Waals surface area contributed by atoms with Crippen molar-refractivity contribution in [1.29, 1.82) is 0 Å². The van der Waals surface area contributed by atoms with Crippen LogP contribution in [0.1, 0.15) is 22.3 Å². The molecule has 9 aromatic carbocycles. The fraction of sp³-hybridized carbons (Fsp3) is 0.0182. The van der Waals surface area contributed by atoms with Gasteiger partial charge in [-0.2, -0.15) is 0 Å². The van der Waals surface area contributed by atoms with E-state index in [-0.39, 0.29) is 0 Å². The van der Waals surface area contributed by atoms with Gasteiger partial charge >= 0.3 is 0 Å². The molecule has 3 heteroatoms. The van der Waals surface area contributed by atoms with Gasteiger partial charge in [0.25, 0.3) is 0 Å². The van der Waals surface area contributed by atoms with Gasteiger partial charge in [-0.3, -0.25) is 0 Å². The van der Waals surface area contributed by atoms with Crippen molar-refractivity contribution < 1.29 is 0 Å². The summed E-state index contributed by atoms with van der Waals surface area (Å²) in [7, 11) is 0. The Labute approximate surface area is 348 Å². The number of para-hydroxylation sites is 2. The normalized spacial score (nSPS) is 12.7. The lowest BCUT2D eigenvalue weighted by molar-refractivity contribution is 0.793. The molecular formula is C55H37BrN2. The highest BCUT2D eigenvalue weighted by atomic mass is 79.9. The summed E-state index contributed by atoms with van der Waals surface area (Å²) in [4.78, 5) is 4.74. The summed E-state index contributed by atoms with van der Waals surface area (Å²) in [6, 6.07) is 81.7. The molecule has 0 amide bonds. The summed E-state index contributed by atoms with van der Waals surface area (Å²) in [5.74, 6) is 0. The van der Waals surface area contributed by atoms with Crippen LogP contribution in [0.2, 0.25) is 0 Å². The maximum absolute atomic E-state index is 3.98. The predicted octanol–water partition coefficient (Wildman–Crippen LogP) is 15.4. The van der Waals surface area contributed by atoms with E-state index in [0.717, 1.165) is 38.6 Å². The van der Waals surface area contributed by atoms with Crippen LogP contribution in [0.15, 0.2) is 229 Å². The summed E-state index contributed by atoms with van der Waals surface area (Å²) < 4.78 is 0.992. The third-order valence-corrected chi connectivity index (χ3v) is 12.3. The van der Waals surface area contributed by atoms with Gasteiger partial charge in [-0.25, -0.2) is 0 Å². The molecule has 2 aliphatic carbocycles. The van der Waals surface area contributed by atoms with E-state index < -0.39 is 5.41 Å². The van der Waals surface area contributed by atoms with Crippen LogP contribution in [0.5, 0.6) is 0 Å². The summed E-state index contributed by atoms with van der Waals surface area (Å²) in [5.41, 5.74) is 18.9. The second-order valence-corrected chi connectivity index (χ2v) is 16.0. The number of benzene rings is 9. The first-order chi connectivity index (χ1) is 28.7. The molecule has 0 aromatic heterocycles. The van der Waals surface area contributed by atoms with Crippen LogP contribution in [0, 0.1) is 0 Å². The van der Waals surface area contributed by atoms with Crippen molar-refractivity contribution in [2.24, 2.45) is 0 Å². The number of rotatable bonds is 7. The molecule has 274 valence electrons. The van der Waals surface area contributed by atoms with Crippen LogP contribution in [0.3, 0.4) is 0 Å². The van der Waals surface area contributed by atoms with Crippen molar-refractivity contribution >= 4 is 50.1 Å². The number of anilines is 6. The SMILES string of the molecule is Brc1cc(N(c2ccccc2)c2ccc(-c3ccccc3)cc2)cc(N(c2ccccc2)c2ccc3c(c2)C2(c4ccccc4-c4ccccc42)c2ccccc2-3)c1. The molecule has 0 aliphatic heterocycles. The standard InChI is InChI=1S/C55H37BrN2/c56-40-34-45(57(41-18-6-2-7-19-41)43-30-28-39(29-31-43)38-16-4-1-5-17-38)36-46(35-40)58(42-20-8-3-9-21-42)44-32-33-50-49-24-12-15-27-53(49)55(54(50)37-44)51-25-13-10-22-47(51)48-23-11-14-26-52(48)55/h1-37H. The van der Waals surface area contributed by atoms with Gasteiger partial charge in [0.2, 0.25) is 0 Å². The van der Waals surface area contributed by atoms with Gasteiger partial charge in [-0.1, -0.05) is 174 Å². The van der Waals surface area contributed by atoms with Gasteiger partial charge in [0, 0.05) is 38.6 Å². The maximum atomic E-state index is 3.98. The first kappa shape index (κ1) is 34.3. The van der Waals surface area contributed by atoms with Crippen molar-refractivity contribution in [2.75, 3.05) is 9.80 Å². The second-order valence-electron chi connectivity index (χ2n) is 15.0. The smallest absolute Gasteiger partial charge is 0.0726 e. The molecule has 58 heavy (non-hydrogen) atoms. The fourth-order valence-electron chi connectivity index (χ4n) is 9.52. The van der Waals surface area contributed by atoms with Gasteiger partial charge in [-0.05, 0) is 122 Å². The first-order valence-corrected chi connectivity index (χ1v) is 20.6. The van der Waals surface area contributed by atoms with Gasteiger partial charge in [0.05, 0.1) is 5.41 Å². The molecule has 1 spiro atoms. The Hall–Kier alpha value is -6.94. The maximum Gasteiger partial charge on any atom is 0.0726 e. The Kier molecular flexibility index (Phi) is 8.23. The minimum absolute atomic E-state index is 0.435.